The summed E-state index contributed by atoms with van der Waals surface area (Å²) in [5, 5.41) is 0.729. The minimum Gasteiger partial charge on any atom is -0.354 e. The number of hydrogen-bond donors (Lipinski definition) is 1. The molecular formula is C14H23N3S. The number of hydrogen-bond acceptors (Lipinski definition) is 4. The van der Waals surface area contributed by atoms with Crippen LogP contribution in [-0.2, 0) is 6.54 Å². The quantitative estimate of drug-likeness (QED) is 0.912. The van der Waals surface area contributed by atoms with Crippen LogP contribution in [0.2, 0.25) is 0 Å². The van der Waals surface area contributed by atoms with Gasteiger partial charge in [-0.25, -0.2) is 4.98 Å². The summed E-state index contributed by atoms with van der Waals surface area (Å²) in [6.45, 7) is 9.23. The highest BCUT2D eigenvalue weighted by atomic mass is 32.2. The normalized spacial score (nSPS) is 20.2. The molecule has 2 N–H and O–H groups in total. The van der Waals surface area contributed by atoms with Crippen molar-refractivity contribution in [3.05, 3.63) is 22.9 Å². The fourth-order valence-corrected chi connectivity index (χ4v) is 3.70. The highest BCUT2D eigenvalue weighted by molar-refractivity contribution is 8.00. The average Bonchev–Trinajstić information content (AvgIpc) is 2.38. The summed E-state index contributed by atoms with van der Waals surface area (Å²) in [6.07, 6.45) is 1.23. The van der Waals surface area contributed by atoms with E-state index in [9.17, 15) is 0 Å². The molecule has 1 atom stereocenters. The van der Waals surface area contributed by atoms with Crippen molar-refractivity contribution in [1.29, 1.82) is 0 Å². The van der Waals surface area contributed by atoms with Crippen LogP contribution < -0.4 is 10.6 Å². The van der Waals surface area contributed by atoms with E-state index in [4.69, 9.17) is 10.7 Å². The standard InChI is InChI=1S/C14H23N3S/c1-4-12-9-17(5-6-18-12)14-13(8-15)10(2)7-11(3)16-14/h7,12H,4-6,8-9,15H2,1-3H3. The molecule has 1 aromatic rings. The first kappa shape index (κ1) is 13.7. The molecule has 0 aliphatic carbocycles. The third-order valence-corrected chi connectivity index (χ3v) is 4.92. The molecule has 2 rings (SSSR count). The maximum absolute atomic E-state index is 5.90. The smallest absolute Gasteiger partial charge is 0.133 e. The van der Waals surface area contributed by atoms with Crippen LogP contribution in [0.4, 0.5) is 5.82 Å². The number of anilines is 1. The average molecular weight is 265 g/mol. The Kier molecular flexibility index (Phi) is 4.51. The van der Waals surface area contributed by atoms with Crippen LogP contribution in [-0.4, -0.2) is 29.1 Å². The molecule has 0 spiro atoms. The summed E-state index contributed by atoms with van der Waals surface area (Å²) in [6, 6.07) is 2.13. The molecule has 18 heavy (non-hydrogen) atoms. The van der Waals surface area contributed by atoms with Gasteiger partial charge in [0.2, 0.25) is 0 Å². The number of thioether (sulfide) groups is 1. The topological polar surface area (TPSA) is 42.2 Å². The molecule has 0 bridgehead atoms. The number of nitrogens with zero attached hydrogens (tertiary/aromatic N) is 2. The second-order valence-electron chi connectivity index (χ2n) is 4.93. The largest absolute Gasteiger partial charge is 0.354 e. The minimum atomic E-state index is 0.578. The number of nitrogens with two attached hydrogens (primary N) is 1. The number of rotatable bonds is 3. The van der Waals surface area contributed by atoms with E-state index in [1.54, 1.807) is 0 Å². The minimum absolute atomic E-state index is 0.578. The Labute approximate surface area is 114 Å². The van der Waals surface area contributed by atoms with Gasteiger partial charge < -0.3 is 10.6 Å². The molecule has 1 unspecified atom stereocenters. The molecule has 1 aromatic heterocycles. The molecule has 4 heteroatoms. The lowest BCUT2D eigenvalue weighted by Gasteiger charge is -2.34. The SMILES string of the molecule is CCC1CN(c2nc(C)cc(C)c2CN)CCS1. The molecule has 100 valence electrons. The van der Waals surface area contributed by atoms with Crippen molar-refractivity contribution in [2.75, 3.05) is 23.7 Å². The first-order chi connectivity index (χ1) is 8.65. The van der Waals surface area contributed by atoms with Crippen molar-refractivity contribution in [2.24, 2.45) is 5.73 Å². The van der Waals surface area contributed by atoms with Crippen molar-refractivity contribution in [2.45, 2.75) is 39.0 Å². The van der Waals surface area contributed by atoms with E-state index in [1.807, 2.05) is 0 Å². The monoisotopic (exact) mass is 265 g/mol. The van der Waals surface area contributed by atoms with Gasteiger partial charge in [-0.15, -0.1) is 0 Å². The maximum atomic E-state index is 5.90. The first-order valence-corrected chi connectivity index (χ1v) is 7.74. The Morgan fingerprint density at radius 1 is 1.50 bits per heavy atom. The molecule has 0 radical (unpaired) electrons. The number of aryl methyl sites for hydroxylation is 2. The van der Waals surface area contributed by atoms with Crippen LogP contribution in [0.1, 0.15) is 30.2 Å². The van der Waals surface area contributed by atoms with Crippen molar-refractivity contribution in [3.63, 3.8) is 0 Å². The van der Waals surface area contributed by atoms with Crippen LogP contribution >= 0.6 is 11.8 Å². The van der Waals surface area contributed by atoms with Gasteiger partial charge in [-0.1, -0.05) is 6.92 Å². The van der Waals surface area contributed by atoms with Crippen molar-refractivity contribution < 1.29 is 0 Å². The zero-order valence-corrected chi connectivity index (χ0v) is 12.4. The zero-order valence-electron chi connectivity index (χ0n) is 11.6. The highest BCUT2D eigenvalue weighted by Gasteiger charge is 2.22. The van der Waals surface area contributed by atoms with Gasteiger partial charge in [-0.05, 0) is 31.9 Å². The number of pyridine rings is 1. The maximum Gasteiger partial charge on any atom is 0.133 e. The molecule has 0 aromatic carbocycles. The predicted octanol–water partition coefficient (Wildman–Crippen LogP) is 2.49. The van der Waals surface area contributed by atoms with E-state index >= 15 is 0 Å². The first-order valence-electron chi connectivity index (χ1n) is 6.69. The summed E-state index contributed by atoms with van der Waals surface area (Å²) in [4.78, 5) is 7.16. The van der Waals surface area contributed by atoms with Crippen LogP contribution in [0.25, 0.3) is 0 Å². The fourth-order valence-electron chi connectivity index (χ4n) is 2.52. The van der Waals surface area contributed by atoms with Gasteiger partial charge in [0.1, 0.15) is 5.82 Å². The predicted molar refractivity (Wildman–Crippen MR) is 80.4 cm³/mol. The molecule has 1 saturated heterocycles. The lowest BCUT2D eigenvalue weighted by molar-refractivity contribution is 0.713. The Balaban J connectivity index is 2.31. The Morgan fingerprint density at radius 3 is 2.94 bits per heavy atom. The molecule has 0 amide bonds. The number of aromatic nitrogens is 1. The summed E-state index contributed by atoms with van der Waals surface area (Å²) in [5.74, 6) is 2.31. The van der Waals surface area contributed by atoms with Crippen LogP contribution in [0.15, 0.2) is 6.07 Å². The Morgan fingerprint density at radius 2 is 2.28 bits per heavy atom. The second-order valence-corrected chi connectivity index (χ2v) is 6.34. The lowest BCUT2D eigenvalue weighted by Crippen LogP contribution is -2.39. The van der Waals surface area contributed by atoms with Gasteiger partial charge in [0, 0.05) is 41.9 Å². The third-order valence-electron chi connectivity index (χ3n) is 3.55. The van der Waals surface area contributed by atoms with Gasteiger partial charge in [0.05, 0.1) is 0 Å². The zero-order chi connectivity index (χ0) is 13.1. The van der Waals surface area contributed by atoms with Crippen LogP contribution in [0.3, 0.4) is 0 Å². The molecule has 0 saturated carbocycles. The van der Waals surface area contributed by atoms with Crippen LogP contribution in [0, 0.1) is 13.8 Å². The van der Waals surface area contributed by atoms with Crippen molar-refractivity contribution in [1.82, 2.24) is 4.98 Å². The molecular weight excluding hydrogens is 242 g/mol. The lowest BCUT2D eigenvalue weighted by atomic mass is 10.1. The van der Waals surface area contributed by atoms with Gasteiger partial charge in [0.15, 0.2) is 0 Å². The van der Waals surface area contributed by atoms with E-state index in [-0.39, 0.29) is 0 Å². The molecule has 1 aliphatic rings. The summed E-state index contributed by atoms with van der Waals surface area (Å²) in [5.41, 5.74) is 9.47. The van der Waals surface area contributed by atoms with E-state index in [0.717, 1.165) is 29.9 Å². The summed E-state index contributed by atoms with van der Waals surface area (Å²) >= 11 is 2.08. The van der Waals surface area contributed by atoms with Crippen LogP contribution in [0.5, 0.6) is 0 Å². The molecule has 1 fully saturated rings. The van der Waals surface area contributed by atoms with Gasteiger partial charge in [-0.2, -0.15) is 11.8 Å². The van der Waals surface area contributed by atoms with Gasteiger partial charge >= 0.3 is 0 Å². The van der Waals surface area contributed by atoms with E-state index in [0.29, 0.717) is 6.54 Å². The molecule has 3 nitrogen and oxygen atoms in total. The second kappa shape index (κ2) is 5.93. The third kappa shape index (κ3) is 2.81. The van der Waals surface area contributed by atoms with Gasteiger partial charge in [0.25, 0.3) is 0 Å². The van der Waals surface area contributed by atoms with E-state index in [1.165, 1.54) is 23.3 Å². The summed E-state index contributed by atoms with van der Waals surface area (Å²) < 4.78 is 0. The molecule has 1 aliphatic heterocycles. The van der Waals surface area contributed by atoms with E-state index in [2.05, 4.69) is 43.5 Å². The van der Waals surface area contributed by atoms with Gasteiger partial charge in [-0.3, -0.25) is 0 Å². The van der Waals surface area contributed by atoms with Crippen molar-refractivity contribution >= 4 is 17.6 Å². The highest BCUT2D eigenvalue weighted by Crippen LogP contribution is 2.28. The summed E-state index contributed by atoms with van der Waals surface area (Å²) in [7, 11) is 0. The van der Waals surface area contributed by atoms with Crippen molar-refractivity contribution in [3.8, 4) is 0 Å². The molecule has 2 heterocycles. The Bertz CT molecular complexity index is 420. The van der Waals surface area contributed by atoms with E-state index < -0.39 is 0 Å². The Hall–Kier alpha value is -0.740. The fraction of sp³-hybridized carbons (Fsp3) is 0.643.